The van der Waals surface area contributed by atoms with Gasteiger partial charge >= 0.3 is 0 Å². The van der Waals surface area contributed by atoms with Crippen molar-refractivity contribution in [2.75, 3.05) is 20.1 Å². The van der Waals surface area contributed by atoms with Crippen molar-refractivity contribution < 1.29 is 0 Å². The van der Waals surface area contributed by atoms with Gasteiger partial charge in [0, 0.05) is 12.6 Å². The molecule has 1 aromatic rings. The Labute approximate surface area is 124 Å². The molecule has 1 N–H and O–H groups in total. The zero-order valence-electron chi connectivity index (χ0n) is 12.4. The van der Waals surface area contributed by atoms with Crippen molar-refractivity contribution in [3.63, 3.8) is 0 Å². The zero-order chi connectivity index (χ0) is 13.0. The average Bonchev–Trinajstić information content (AvgIpc) is 2.55. The van der Waals surface area contributed by atoms with E-state index in [1.54, 1.807) is 0 Å². The van der Waals surface area contributed by atoms with Crippen LogP contribution in [0.3, 0.4) is 0 Å². The minimum absolute atomic E-state index is 0. The van der Waals surface area contributed by atoms with Gasteiger partial charge < -0.3 is 5.32 Å². The van der Waals surface area contributed by atoms with Crippen molar-refractivity contribution in [1.29, 1.82) is 0 Å². The summed E-state index contributed by atoms with van der Waals surface area (Å²) in [4.78, 5) is 2.53. The first-order valence-electron chi connectivity index (χ1n) is 7.13. The third-order valence-corrected chi connectivity index (χ3v) is 3.88. The van der Waals surface area contributed by atoms with E-state index in [9.17, 15) is 0 Å². The summed E-state index contributed by atoms with van der Waals surface area (Å²) in [6.45, 7) is 7.81. The van der Waals surface area contributed by atoms with Crippen LogP contribution in [0.5, 0.6) is 0 Å². The summed E-state index contributed by atoms with van der Waals surface area (Å²) in [5.74, 6) is 0. The summed E-state index contributed by atoms with van der Waals surface area (Å²) in [6, 6.07) is 7.62. The molecule has 1 saturated heterocycles. The van der Waals surface area contributed by atoms with Crippen LogP contribution < -0.4 is 5.32 Å². The Morgan fingerprint density at radius 2 is 1.79 bits per heavy atom. The molecule has 1 unspecified atom stereocenters. The number of aryl methyl sites for hydroxylation is 2. The molecule has 0 radical (unpaired) electrons. The van der Waals surface area contributed by atoms with Gasteiger partial charge in [-0.1, -0.05) is 29.3 Å². The van der Waals surface area contributed by atoms with Gasteiger partial charge in [0.15, 0.2) is 0 Å². The number of hydrogen-bond acceptors (Lipinski definition) is 2. The Morgan fingerprint density at radius 3 is 2.47 bits per heavy atom. The molecule has 1 heterocycles. The number of rotatable bonds is 3. The molecule has 1 aliphatic heterocycles. The summed E-state index contributed by atoms with van der Waals surface area (Å²) in [5.41, 5.74) is 4.20. The standard InChI is InChI=1S/C16H26N2.ClH/c1-13-9-14(2)11-15(10-13)12-18(3)16-5-4-7-17-8-6-16;/h9-11,16-17H,4-8,12H2,1-3H3;1H. The molecule has 0 saturated carbocycles. The van der Waals surface area contributed by atoms with Crippen LogP contribution in [-0.2, 0) is 6.54 Å². The predicted octanol–water partition coefficient (Wildman–Crippen LogP) is 3.30. The molecule has 0 spiro atoms. The number of nitrogens with zero attached hydrogens (tertiary/aromatic N) is 1. The second-order valence-corrected chi connectivity index (χ2v) is 5.75. The Morgan fingerprint density at radius 1 is 1.11 bits per heavy atom. The highest BCUT2D eigenvalue weighted by Crippen LogP contribution is 2.16. The fourth-order valence-electron chi connectivity index (χ4n) is 3.02. The van der Waals surface area contributed by atoms with E-state index in [-0.39, 0.29) is 12.4 Å². The molecule has 0 bridgehead atoms. The van der Waals surface area contributed by atoms with Crippen LogP contribution in [0.2, 0.25) is 0 Å². The minimum Gasteiger partial charge on any atom is -0.317 e. The number of benzene rings is 1. The topological polar surface area (TPSA) is 15.3 Å². The van der Waals surface area contributed by atoms with Gasteiger partial charge in [-0.3, -0.25) is 4.90 Å². The van der Waals surface area contributed by atoms with Gasteiger partial charge in [0.25, 0.3) is 0 Å². The number of nitrogens with one attached hydrogen (secondary N) is 1. The molecule has 3 heteroatoms. The van der Waals surface area contributed by atoms with E-state index in [0.717, 1.165) is 12.6 Å². The number of hydrogen-bond donors (Lipinski definition) is 1. The lowest BCUT2D eigenvalue weighted by Crippen LogP contribution is -2.32. The van der Waals surface area contributed by atoms with E-state index >= 15 is 0 Å². The first kappa shape index (κ1) is 16.5. The van der Waals surface area contributed by atoms with E-state index in [1.807, 2.05) is 0 Å². The molecule has 2 rings (SSSR count). The molecule has 2 nitrogen and oxygen atoms in total. The second kappa shape index (κ2) is 7.88. The van der Waals surface area contributed by atoms with Crippen LogP contribution in [0.25, 0.3) is 0 Å². The highest BCUT2D eigenvalue weighted by Gasteiger charge is 2.16. The monoisotopic (exact) mass is 282 g/mol. The van der Waals surface area contributed by atoms with Gasteiger partial charge in [0.1, 0.15) is 0 Å². The maximum atomic E-state index is 3.49. The lowest BCUT2D eigenvalue weighted by atomic mass is 10.0. The molecule has 1 atom stereocenters. The third-order valence-electron chi connectivity index (χ3n) is 3.88. The van der Waals surface area contributed by atoms with Gasteiger partial charge in [-0.2, -0.15) is 0 Å². The molecule has 108 valence electrons. The van der Waals surface area contributed by atoms with Crippen LogP contribution in [0.4, 0.5) is 0 Å². The van der Waals surface area contributed by atoms with E-state index < -0.39 is 0 Å². The number of halogens is 1. The van der Waals surface area contributed by atoms with Crippen molar-refractivity contribution in [2.24, 2.45) is 0 Å². The quantitative estimate of drug-likeness (QED) is 0.915. The lowest BCUT2D eigenvalue weighted by Gasteiger charge is -2.27. The minimum atomic E-state index is 0. The smallest absolute Gasteiger partial charge is 0.0233 e. The Balaban J connectivity index is 0.00000180. The maximum Gasteiger partial charge on any atom is 0.0233 e. The van der Waals surface area contributed by atoms with Gasteiger partial charge in [-0.25, -0.2) is 0 Å². The van der Waals surface area contributed by atoms with Gasteiger partial charge in [0.05, 0.1) is 0 Å². The van der Waals surface area contributed by atoms with E-state index in [0.29, 0.717) is 0 Å². The zero-order valence-corrected chi connectivity index (χ0v) is 13.2. The average molecular weight is 283 g/mol. The van der Waals surface area contributed by atoms with Gasteiger partial charge in [-0.15, -0.1) is 12.4 Å². The first-order chi connectivity index (χ1) is 8.65. The summed E-state index contributed by atoms with van der Waals surface area (Å²) in [6.07, 6.45) is 3.91. The fourth-order valence-corrected chi connectivity index (χ4v) is 3.02. The van der Waals surface area contributed by atoms with Gasteiger partial charge in [0.2, 0.25) is 0 Å². The van der Waals surface area contributed by atoms with E-state index in [4.69, 9.17) is 0 Å². The van der Waals surface area contributed by atoms with Crippen molar-refractivity contribution in [3.05, 3.63) is 34.9 Å². The molecular formula is C16H27ClN2. The van der Waals surface area contributed by atoms with Crippen LogP contribution in [0.1, 0.15) is 36.0 Å². The Kier molecular flexibility index (Phi) is 6.84. The van der Waals surface area contributed by atoms with Crippen LogP contribution in [0.15, 0.2) is 18.2 Å². The second-order valence-electron chi connectivity index (χ2n) is 5.75. The lowest BCUT2D eigenvalue weighted by molar-refractivity contribution is 0.216. The normalized spacial score (nSPS) is 19.9. The predicted molar refractivity (Wildman–Crippen MR) is 85.1 cm³/mol. The van der Waals surface area contributed by atoms with Crippen LogP contribution >= 0.6 is 12.4 Å². The van der Waals surface area contributed by atoms with Crippen molar-refractivity contribution in [2.45, 2.75) is 45.7 Å². The maximum absolute atomic E-state index is 3.49. The Bertz CT molecular complexity index is 364. The third kappa shape index (κ3) is 5.13. The SMILES string of the molecule is Cc1cc(C)cc(CN(C)C2CCCNCC2)c1.Cl. The summed E-state index contributed by atoms with van der Waals surface area (Å²) >= 11 is 0. The first-order valence-corrected chi connectivity index (χ1v) is 7.13. The summed E-state index contributed by atoms with van der Waals surface area (Å²) in [7, 11) is 2.27. The summed E-state index contributed by atoms with van der Waals surface area (Å²) in [5, 5.41) is 3.49. The van der Waals surface area contributed by atoms with Crippen molar-refractivity contribution in [1.82, 2.24) is 10.2 Å². The van der Waals surface area contributed by atoms with E-state index in [1.165, 1.54) is 49.0 Å². The molecular weight excluding hydrogens is 256 g/mol. The molecule has 0 amide bonds. The van der Waals surface area contributed by atoms with Crippen LogP contribution in [-0.4, -0.2) is 31.1 Å². The Hall–Kier alpha value is -0.570. The molecule has 1 fully saturated rings. The fraction of sp³-hybridized carbons (Fsp3) is 0.625. The van der Waals surface area contributed by atoms with Crippen molar-refractivity contribution >= 4 is 12.4 Å². The highest BCUT2D eigenvalue weighted by atomic mass is 35.5. The molecule has 1 aliphatic rings. The molecule has 1 aromatic carbocycles. The largest absolute Gasteiger partial charge is 0.317 e. The van der Waals surface area contributed by atoms with E-state index in [2.05, 4.69) is 49.3 Å². The molecule has 19 heavy (non-hydrogen) atoms. The molecule has 0 aromatic heterocycles. The highest BCUT2D eigenvalue weighted by molar-refractivity contribution is 5.85. The molecule has 0 aliphatic carbocycles. The van der Waals surface area contributed by atoms with Gasteiger partial charge in [-0.05, 0) is 58.8 Å². The van der Waals surface area contributed by atoms with Crippen LogP contribution in [0, 0.1) is 13.8 Å². The summed E-state index contributed by atoms with van der Waals surface area (Å²) < 4.78 is 0. The van der Waals surface area contributed by atoms with Crippen molar-refractivity contribution in [3.8, 4) is 0 Å².